The van der Waals surface area contributed by atoms with Crippen LogP contribution in [0.5, 0.6) is 0 Å². The zero-order chi connectivity index (χ0) is 15.6. The summed E-state index contributed by atoms with van der Waals surface area (Å²) in [5.41, 5.74) is 2.45. The first-order chi connectivity index (χ1) is 11.3. The van der Waals surface area contributed by atoms with Crippen LogP contribution in [0.1, 0.15) is 10.4 Å². The van der Waals surface area contributed by atoms with Gasteiger partial charge in [0.15, 0.2) is 5.78 Å². The minimum absolute atomic E-state index is 0.0561. The van der Waals surface area contributed by atoms with E-state index >= 15 is 0 Å². The summed E-state index contributed by atoms with van der Waals surface area (Å²) in [7, 11) is 0. The number of nitrogens with one attached hydrogen (secondary N) is 1. The number of hydrogen-bond donors (Lipinski definition) is 1. The van der Waals surface area contributed by atoms with Crippen LogP contribution in [0.25, 0.3) is 22.3 Å². The number of aromatic nitrogens is 5. The van der Waals surface area contributed by atoms with Crippen molar-refractivity contribution in [3.63, 3.8) is 0 Å². The van der Waals surface area contributed by atoms with Crippen LogP contribution in [-0.4, -0.2) is 31.0 Å². The molecule has 0 atom stereocenters. The molecule has 4 rings (SSSR count). The normalized spacial score (nSPS) is 11.0. The predicted molar refractivity (Wildman–Crippen MR) is 85.9 cm³/mol. The maximum absolute atomic E-state index is 12.5. The number of nitrogens with zero attached hydrogens (tertiary/aromatic N) is 4. The van der Waals surface area contributed by atoms with E-state index in [0.717, 1.165) is 16.5 Å². The lowest BCUT2D eigenvalue weighted by Crippen LogP contribution is -2.13. The highest BCUT2D eigenvalue weighted by molar-refractivity contribution is 6.07. The summed E-state index contributed by atoms with van der Waals surface area (Å²) in [4.78, 5) is 16.9. The molecule has 2 aromatic heterocycles. The first kappa shape index (κ1) is 13.4. The number of H-pyrrole nitrogens is 1. The van der Waals surface area contributed by atoms with Crippen LogP contribution in [0, 0.1) is 0 Å². The Morgan fingerprint density at radius 3 is 2.70 bits per heavy atom. The number of tetrazole rings is 1. The van der Waals surface area contributed by atoms with E-state index in [9.17, 15) is 4.79 Å². The zero-order valence-electron chi connectivity index (χ0n) is 12.2. The van der Waals surface area contributed by atoms with Gasteiger partial charge in [0, 0.05) is 28.2 Å². The third-order valence-corrected chi connectivity index (χ3v) is 3.66. The molecule has 6 heteroatoms. The maximum Gasteiger partial charge on any atom is 0.204 e. The van der Waals surface area contributed by atoms with Crippen molar-refractivity contribution in [1.29, 1.82) is 0 Å². The lowest BCUT2D eigenvalue weighted by molar-refractivity contribution is 0.0963. The zero-order valence-corrected chi connectivity index (χ0v) is 12.2. The molecule has 0 amide bonds. The highest BCUT2D eigenvalue weighted by Gasteiger charge is 2.14. The summed E-state index contributed by atoms with van der Waals surface area (Å²) >= 11 is 0. The quantitative estimate of drug-likeness (QED) is 0.588. The Hall–Kier alpha value is -3.28. The summed E-state index contributed by atoms with van der Waals surface area (Å²) in [5, 5.41) is 13.1. The van der Waals surface area contributed by atoms with E-state index in [0.29, 0.717) is 11.4 Å². The SMILES string of the molecule is O=C(Cn1nnc(-c2ccccc2)n1)c1c[nH]c2ccccc12. The number of para-hydroxylation sites is 1. The van der Waals surface area contributed by atoms with Crippen LogP contribution in [-0.2, 0) is 6.54 Å². The first-order valence-electron chi connectivity index (χ1n) is 7.24. The topological polar surface area (TPSA) is 76.5 Å². The monoisotopic (exact) mass is 303 g/mol. The first-order valence-corrected chi connectivity index (χ1v) is 7.24. The number of carbonyl (C=O) groups is 1. The van der Waals surface area contributed by atoms with Gasteiger partial charge in [-0.2, -0.15) is 4.80 Å². The third-order valence-electron chi connectivity index (χ3n) is 3.66. The second-order valence-corrected chi connectivity index (χ2v) is 5.18. The van der Waals surface area contributed by atoms with Crippen molar-refractivity contribution in [1.82, 2.24) is 25.2 Å². The van der Waals surface area contributed by atoms with Crippen LogP contribution in [0.3, 0.4) is 0 Å². The van der Waals surface area contributed by atoms with Gasteiger partial charge in [0.1, 0.15) is 6.54 Å². The molecule has 2 heterocycles. The third kappa shape index (κ3) is 2.50. The molecule has 0 bridgehead atoms. The predicted octanol–water partition coefficient (Wildman–Crippen LogP) is 2.70. The van der Waals surface area contributed by atoms with Crippen LogP contribution >= 0.6 is 0 Å². The van der Waals surface area contributed by atoms with Crippen LogP contribution in [0.2, 0.25) is 0 Å². The lowest BCUT2D eigenvalue weighted by Gasteiger charge is -1.98. The van der Waals surface area contributed by atoms with E-state index in [4.69, 9.17) is 0 Å². The molecule has 0 radical (unpaired) electrons. The smallest absolute Gasteiger partial charge is 0.204 e. The Kier molecular flexibility index (Phi) is 3.20. The summed E-state index contributed by atoms with van der Waals surface area (Å²) in [6.45, 7) is 0.0572. The van der Waals surface area contributed by atoms with Crippen molar-refractivity contribution in [2.75, 3.05) is 0 Å². The minimum Gasteiger partial charge on any atom is -0.360 e. The van der Waals surface area contributed by atoms with Crippen LogP contribution in [0.4, 0.5) is 0 Å². The second kappa shape index (κ2) is 5.49. The fourth-order valence-corrected chi connectivity index (χ4v) is 2.53. The average Bonchev–Trinajstić information content (AvgIpc) is 3.22. The Labute approximate surface area is 131 Å². The molecule has 112 valence electrons. The van der Waals surface area contributed by atoms with E-state index in [1.165, 1.54) is 4.80 Å². The molecule has 1 N–H and O–H groups in total. The van der Waals surface area contributed by atoms with Crippen molar-refractivity contribution >= 4 is 16.7 Å². The maximum atomic E-state index is 12.5. The fourth-order valence-electron chi connectivity index (χ4n) is 2.53. The van der Waals surface area contributed by atoms with Crippen molar-refractivity contribution < 1.29 is 4.79 Å². The standard InChI is InChI=1S/C17H13N5O/c23-16(14-10-18-15-9-5-4-8-13(14)15)11-22-20-17(19-21-22)12-6-2-1-3-7-12/h1-10,18H,11H2. The Morgan fingerprint density at radius 1 is 1.04 bits per heavy atom. The van der Waals surface area contributed by atoms with Gasteiger partial charge < -0.3 is 4.98 Å². The summed E-state index contributed by atoms with van der Waals surface area (Å²) in [6.07, 6.45) is 1.72. The van der Waals surface area contributed by atoms with Gasteiger partial charge in [0.05, 0.1) is 0 Å². The molecule has 23 heavy (non-hydrogen) atoms. The van der Waals surface area contributed by atoms with Gasteiger partial charge in [-0.15, -0.1) is 10.2 Å². The van der Waals surface area contributed by atoms with Crippen LogP contribution in [0.15, 0.2) is 60.8 Å². The molecule has 2 aromatic carbocycles. The van der Waals surface area contributed by atoms with Crippen molar-refractivity contribution in [2.45, 2.75) is 6.54 Å². The van der Waals surface area contributed by atoms with Crippen molar-refractivity contribution in [3.8, 4) is 11.4 Å². The highest BCUT2D eigenvalue weighted by Crippen LogP contribution is 2.18. The number of rotatable bonds is 4. The fraction of sp³-hybridized carbons (Fsp3) is 0.0588. The Bertz CT molecular complexity index is 971. The van der Waals surface area contributed by atoms with Gasteiger partial charge in [-0.1, -0.05) is 48.5 Å². The molecule has 0 aliphatic rings. The largest absolute Gasteiger partial charge is 0.360 e. The molecule has 0 saturated carbocycles. The molecule has 4 aromatic rings. The number of ketones is 1. The molecule has 0 saturated heterocycles. The molecular formula is C17H13N5O. The molecule has 0 spiro atoms. The minimum atomic E-state index is -0.0561. The van der Waals surface area contributed by atoms with Gasteiger partial charge in [0.25, 0.3) is 0 Å². The lowest BCUT2D eigenvalue weighted by atomic mass is 10.1. The van der Waals surface area contributed by atoms with Gasteiger partial charge in [0.2, 0.25) is 5.82 Å². The number of benzene rings is 2. The van der Waals surface area contributed by atoms with E-state index in [-0.39, 0.29) is 12.3 Å². The number of carbonyl (C=O) groups excluding carboxylic acids is 1. The molecule has 0 aliphatic carbocycles. The second-order valence-electron chi connectivity index (χ2n) is 5.18. The van der Waals surface area contributed by atoms with Gasteiger partial charge in [-0.05, 0) is 11.3 Å². The molecule has 6 nitrogen and oxygen atoms in total. The molecule has 0 unspecified atom stereocenters. The van der Waals surface area contributed by atoms with Crippen molar-refractivity contribution in [2.24, 2.45) is 0 Å². The van der Waals surface area contributed by atoms with E-state index in [1.54, 1.807) is 6.20 Å². The molecular weight excluding hydrogens is 290 g/mol. The number of fused-ring (bicyclic) bond motifs is 1. The highest BCUT2D eigenvalue weighted by atomic mass is 16.1. The van der Waals surface area contributed by atoms with Gasteiger partial charge >= 0.3 is 0 Å². The summed E-state index contributed by atoms with van der Waals surface area (Å²) in [6, 6.07) is 17.3. The van der Waals surface area contributed by atoms with Crippen molar-refractivity contribution in [3.05, 3.63) is 66.4 Å². The average molecular weight is 303 g/mol. The van der Waals surface area contributed by atoms with Gasteiger partial charge in [-0.25, -0.2) is 0 Å². The molecule has 0 fully saturated rings. The molecule has 0 aliphatic heterocycles. The number of hydrogen-bond acceptors (Lipinski definition) is 4. The number of aromatic amines is 1. The Morgan fingerprint density at radius 2 is 1.83 bits per heavy atom. The Balaban J connectivity index is 1.59. The van der Waals surface area contributed by atoms with Crippen LogP contribution < -0.4 is 0 Å². The summed E-state index contributed by atoms with van der Waals surface area (Å²) in [5.74, 6) is 0.455. The summed E-state index contributed by atoms with van der Waals surface area (Å²) < 4.78 is 0. The van der Waals surface area contributed by atoms with E-state index in [1.807, 2.05) is 54.6 Å². The van der Waals surface area contributed by atoms with Gasteiger partial charge in [-0.3, -0.25) is 4.79 Å². The number of Topliss-reactive ketones (excluding diaryl/α,β-unsaturated/α-hetero) is 1. The van der Waals surface area contributed by atoms with E-state index < -0.39 is 0 Å². The van der Waals surface area contributed by atoms with E-state index in [2.05, 4.69) is 20.4 Å².